The standard InChI is InChI=1S/C16H16F2N2O4S/c1-24-12-8-6-11(7-9-12)19-15(21)10-20(25(2,22)23)16-13(17)4-3-5-14(16)18/h3-9H,10H2,1-2H3,(H,19,21). The molecule has 0 aliphatic heterocycles. The fourth-order valence-corrected chi connectivity index (χ4v) is 2.95. The van der Waals surface area contributed by atoms with Crippen LogP contribution in [0.1, 0.15) is 0 Å². The molecule has 0 aromatic heterocycles. The molecule has 0 fully saturated rings. The van der Waals surface area contributed by atoms with Crippen molar-refractivity contribution < 1.29 is 26.7 Å². The summed E-state index contributed by atoms with van der Waals surface area (Å²) in [4.78, 5) is 12.1. The molecule has 0 saturated heterocycles. The van der Waals surface area contributed by atoms with Crippen molar-refractivity contribution in [3.63, 3.8) is 0 Å². The topological polar surface area (TPSA) is 75.7 Å². The van der Waals surface area contributed by atoms with Crippen LogP contribution in [0.2, 0.25) is 0 Å². The second-order valence-electron chi connectivity index (χ2n) is 5.12. The fourth-order valence-electron chi connectivity index (χ4n) is 2.09. The highest BCUT2D eigenvalue weighted by Crippen LogP contribution is 2.25. The van der Waals surface area contributed by atoms with Crippen molar-refractivity contribution >= 4 is 27.3 Å². The maximum atomic E-state index is 13.9. The molecular formula is C16H16F2N2O4S. The number of para-hydroxylation sites is 1. The third-order valence-electron chi connectivity index (χ3n) is 3.25. The summed E-state index contributed by atoms with van der Waals surface area (Å²) in [6, 6.07) is 9.22. The zero-order valence-corrected chi connectivity index (χ0v) is 14.3. The molecule has 0 heterocycles. The summed E-state index contributed by atoms with van der Waals surface area (Å²) in [5, 5.41) is 2.46. The van der Waals surface area contributed by atoms with Gasteiger partial charge < -0.3 is 10.1 Å². The van der Waals surface area contributed by atoms with Gasteiger partial charge in [-0.15, -0.1) is 0 Å². The molecule has 2 aromatic carbocycles. The number of hydrogen-bond acceptors (Lipinski definition) is 4. The smallest absolute Gasteiger partial charge is 0.245 e. The summed E-state index contributed by atoms with van der Waals surface area (Å²) in [5.74, 6) is -2.34. The highest BCUT2D eigenvalue weighted by molar-refractivity contribution is 7.92. The SMILES string of the molecule is COc1ccc(NC(=O)CN(c2c(F)cccc2F)S(C)(=O)=O)cc1. The second kappa shape index (κ2) is 7.47. The van der Waals surface area contributed by atoms with E-state index in [1.165, 1.54) is 7.11 Å². The molecule has 0 spiro atoms. The number of benzene rings is 2. The number of nitrogens with zero attached hydrogens (tertiary/aromatic N) is 1. The average molecular weight is 370 g/mol. The molecule has 9 heteroatoms. The summed E-state index contributed by atoms with van der Waals surface area (Å²) in [6.45, 7) is -0.775. The van der Waals surface area contributed by atoms with Gasteiger partial charge in [-0.2, -0.15) is 0 Å². The third-order valence-corrected chi connectivity index (χ3v) is 4.36. The van der Waals surface area contributed by atoms with Crippen molar-refractivity contribution in [3.05, 3.63) is 54.1 Å². The van der Waals surface area contributed by atoms with Gasteiger partial charge in [0.05, 0.1) is 13.4 Å². The van der Waals surface area contributed by atoms with Gasteiger partial charge in [0.15, 0.2) is 11.6 Å². The van der Waals surface area contributed by atoms with Crippen molar-refractivity contribution in [1.29, 1.82) is 0 Å². The summed E-state index contributed by atoms with van der Waals surface area (Å²) < 4.78 is 57.0. The summed E-state index contributed by atoms with van der Waals surface area (Å²) >= 11 is 0. The zero-order chi connectivity index (χ0) is 18.6. The molecule has 0 aliphatic rings. The first-order chi connectivity index (χ1) is 11.7. The first-order valence-electron chi connectivity index (χ1n) is 7.08. The highest BCUT2D eigenvalue weighted by Gasteiger charge is 2.26. The minimum absolute atomic E-state index is 0.383. The van der Waals surface area contributed by atoms with E-state index in [4.69, 9.17) is 4.74 Å². The number of halogens is 2. The monoisotopic (exact) mass is 370 g/mol. The molecule has 0 unspecified atom stereocenters. The van der Waals surface area contributed by atoms with Gasteiger partial charge in [0.1, 0.15) is 18.0 Å². The van der Waals surface area contributed by atoms with Crippen LogP contribution in [-0.2, 0) is 14.8 Å². The van der Waals surface area contributed by atoms with E-state index in [-0.39, 0.29) is 0 Å². The van der Waals surface area contributed by atoms with Crippen LogP contribution >= 0.6 is 0 Å². The molecule has 0 radical (unpaired) electrons. The lowest BCUT2D eigenvalue weighted by molar-refractivity contribution is -0.114. The maximum Gasteiger partial charge on any atom is 0.245 e. The quantitative estimate of drug-likeness (QED) is 0.847. The van der Waals surface area contributed by atoms with E-state index in [1.807, 2.05) is 0 Å². The Kier molecular flexibility index (Phi) is 5.58. The Morgan fingerprint density at radius 2 is 1.68 bits per heavy atom. The summed E-state index contributed by atoms with van der Waals surface area (Å²) in [5.41, 5.74) is -0.414. The normalized spacial score (nSPS) is 11.0. The Morgan fingerprint density at radius 1 is 1.12 bits per heavy atom. The number of ether oxygens (including phenoxy) is 1. The zero-order valence-electron chi connectivity index (χ0n) is 13.5. The van der Waals surface area contributed by atoms with Crippen molar-refractivity contribution in [2.24, 2.45) is 0 Å². The fraction of sp³-hybridized carbons (Fsp3) is 0.188. The average Bonchev–Trinajstić information content (AvgIpc) is 2.53. The molecule has 134 valence electrons. The Labute approximate surface area is 144 Å². The van der Waals surface area contributed by atoms with Crippen molar-refractivity contribution in [3.8, 4) is 5.75 Å². The van der Waals surface area contributed by atoms with E-state index < -0.39 is 39.8 Å². The van der Waals surface area contributed by atoms with Crippen LogP contribution in [0.25, 0.3) is 0 Å². The lowest BCUT2D eigenvalue weighted by Crippen LogP contribution is -2.38. The van der Waals surface area contributed by atoms with Gasteiger partial charge in [-0.1, -0.05) is 6.07 Å². The van der Waals surface area contributed by atoms with Crippen LogP contribution < -0.4 is 14.4 Å². The van der Waals surface area contributed by atoms with Crippen LogP contribution in [0.5, 0.6) is 5.75 Å². The molecule has 0 bridgehead atoms. The van der Waals surface area contributed by atoms with Gasteiger partial charge in [0.2, 0.25) is 15.9 Å². The maximum absolute atomic E-state index is 13.9. The van der Waals surface area contributed by atoms with E-state index in [9.17, 15) is 22.0 Å². The van der Waals surface area contributed by atoms with E-state index in [0.717, 1.165) is 24.5 Å². The Hall–Kier alpha value is -2.68. The van der Waals surface area contributed by atoms with Gasteiger partial charge >= 0.3 is 0 Å². The first kappa shape index (κ1) is 18.7. The number of carbonyl (C=O) groups excluding carboxylic acids is 1. The van der Waals surface area contributed by atoms with Crippen LogP contribution in [0.4, 0.5) is 20.2 Å². The molecular weight excluding hydrogens is 354 g/mol. The number of amides is 1. The largest absolute Gasteiger partial charge is 0.497 e. The number of carbonyl (C=O) groups is 1. The molecule has 6 nitrogen and oxygen atoms in total. The van der Waals surface area contributed by atoms with Gasteiger partial charge in [-0.25, -0.2) is 17.2 Å². The van der Waals surface area contributed by atoms with Crippen molar-refractivity contribution in [2.45, 2.75) is 0 Å². The van der Waals surface area contributed by atoms with E-state index in [2.05, 4.69) is 5.32 Å². The number of anilines is 2. The molecule has 2 rings (SSSR count). The van der Waals surface area contributed by atoms with Gasteiger partial charge in [-0.05, 0) is 36.4 Å². The number of sulfonamides is 1. The Morgan fingerprint density at radius 3 is 2.16 bits per heavy atom. The molecule has 0 saturated carbocycles. The number of methoxy groups -OCH3 is 1. The van der Waals surface area contributed by atoms with Crippen LogP contribution in [-0.4, -0.2) is 34.2 Å². The number of hydrogen-bond donors (Lipinski definition) is 1. The Bertz CT molecular complexity index is 850. The molecule has 0 aliphatic carbocycles. The van der Waals surface area contributed by atoms with Crippen LogP contribution in [0.3, 0.4) is 0 Å². The van der Waals surface area contributed by atoms with Crippen LogP contribution in [0.15, 0.2) is 42.5 Å². The van der Waals surface area contributed by atoms with Crippen molar-refractivity contribution in [2.75, 3.05) is 29.5 Å². The summed E-state index contributed by atoms with van der Waals surface area (Å²) in [7, 11) is -2.60. The van der Waals surface area contributed by atoms with E-state index >= 15 is 0 Å². The number of nitrogens with one attached hydrogen (secondary N) is 1. The molecule has 1 amide bonds. The first-order valence-corrected chi connectivity index (χ1v) is 8.93. The predicted molar refractivity (Wildman–Crippen MR) is 90.2 cm³/mol. The van der Waals surface area contributed by atoms with Gasteiger partial charge in [0, 0.05) is 5.69 Å². The van der Waals surface area contributed by atoms with E-state index in [0.29, 0.717) is 15.7 Å². The molecule has 0 atom stereocenters. The minimum Gasteiger partial charge on any atom is -0.497 e. The molecule has 2 aromatic rings. The number of rotatable bonds is 6. The summed E-state index contributed by atoms with van der Waals surface area (Å²) in [6.07, 6.45) is 0.763. The van der Waals surface area contributed by atoms with E-state index in [1.54, 1.807) is 24.3 Å². The van der Waals surface area contributed by atoms with Crippen LogP contribution in [0, 0.1) is 11.6 Å². The highest BCUT2D eigenvalue weighted by atomic mass is 32.2. The lowest BCUT2D eigenvalue weighted by atomic mass is 10.3. The second-order valence-corrected chi connectivity index (χ2v) is 7.02. The lowest BCUT2D eigenvalue weighted by Gasteiger charge is -2.22. The molecule has 1 N–H and O–H groups in total. The minimum atomic E-state index is -4.09. The molecule has 25 heavy (non-hydrogen) atoms. The van der Waals surface area contributed by atoms with Crippen molar-refractivity contribution in [1.82, 2.24) is 0 Å². The van der Waals surface area contributed by atoms with Gasteiger partial charge in [0.25, 0.3) is 0 Å². The third kappa shape index (κ3) is 4.66. The Balaban J connectivity index is 2.24. The van der Waals surface area contributed by atoms with Gasteiger partial charge in [-0.3, -0.25) is 9.10 Å². The predicted octanol–water partition coefficient (Wildman–Crippen LogP) is 2.38.